The summed E-state index contributed by atoms with van der Waals surface area (Å²) in [4.78, 5) is 15.7. The molecule has 2 aromatic heterocycles. The third kappa shape index (κ3) is 2.66. The van der Waals surface area contributed by atoms with E-state index in [1.54, 1.807) is 14.2 Å². The molecule has 0 bridgehead atoms. The molecule has 3 aromatic rings. The van der Waals surface area contributed by atoms with E-state index in [0.29, 0.717) is 18.2 Å². The molecule has 6 heteroatoms. The van der Waals surface area contributed by atoms with Gasteiger partial charge in [0.1, 0.15) is 17.2 Å². The maximum absolute atomic E-state index is 13.7. The third-order valence-corrected chi connectivity index (χ3v) is 5.75. The molecule has 0 unspecified atom stereocenters. The first kappa shape index (κ1) is 18.5. The summed E-state index contributed by atoms with van der Waals surface area (Å²) in [5.41, 5.74) is 2.71. The standard InChI is InChI=1S/C22H27N3O3/c1-14(2)20-16-7-6-10-24(16)11-12-25(20)22(26)17-13-15-18(27-4)8-9-19(28-5)21(15)23(17)3/h6-10,13-14,20H,11-12H2,1-5H3/t20-/m0/s1. The van der Waals surface area contributed by atoms with Crippen molar-refractivity contribution < 1.29 is 14.3 Å². The fourth-order valence-corrected chi connectivity index (χ4v) is 4.45. The highest BCUT2D eigenvalue weighted by atomic mass is 16.5. The molecule has 0 spiro atoms. The van der Waals surface area contributed by atoms with Gasteiger partial charge in [-0.3, -0.25) is 4.79 Å². The lowest BCUT2D eigenvalue weighted by Gasteiger charge is -2.39. The largest absolute Gasteiger partial charge is 0.496 e. The molecule has 0 saturated heterocycles. The monoisotopic (exact) mass is 381 g/mol. The summed E-state index contributed by atoms with van der Waals surface area (Å²) in [6.45, 7) is 5.84. The molecule has 1 atom stereocenters. The summed E-state index contributed by atoms with van der Waals surface area (Å²) < 4.78 is 15.2. The van der Waals surface area contributed by atoms with Crippen LogP contribution in [0.3, 0.4) is 0 Å². The topological polar surface area (TPSA) is 48.6 Å². The zero-order chi connectivity index (χ0) is 20.0. The molecule has 1 aliphatic heterocycles. The van der Waals surface area contributed by atoms with Crippen molar-refractivity contribution >= 4 is 16.8 Å². The Kier molecular flexibility index (Phi) is 4.57. The third-order valence-electron chi connectivity index (χ3n) is 5.75. The number of methoxy groups -OCH3 is 2. The van der Waals surface area contributed by atoms with Crippen LogP contribution in [0.25, 0.3) is 10.9 Å². The zero-order valence-corrected chi connectivity index (χ0v) is 17.1. The van der Waals surface area contributed by atoms with Gasteiger partial charge in [0.15, 0.2) is 0 Å². The predicted octanol–water partition coefficient (Wildman–Crippen LogP) is 3.85. The van der Waals surface area contributed by atoms with Gasteiger partial charge in [-0.25, -0.2) is 0 Å². The first-order chi connectivity index (χ1) is 13.5. The Morgan fingerprint density at radius 2 is 1.82 bits per heavy atom. The number of amides is 1. The van der Waals surface area contributed by atoms with Gasteiger partial charge in [0.2, 0.25) is 0 Å². The van der Waals surface area contributed by atoms with Crippen LogP contribution in [0.2, 0.25) is 0 Å². The highest BCUT2D eigenvalue weighted by Gasteiger charge is 2.35. The highest BCUT2D eigenvalue weighted by molar-refractivity contribution is 6.02. The van der Waals surface area contributed by atoms with Gasteiger partial charge in [-0.15, -0.1) is 0 Å². The first-order valence-electron chi connectivity index (χ1n) is 9.64. The molecular formula is C22H27N3O3. The summed E-state index contributed by atoms with van der Waals surface area (Å²) in [5.74, 6) is 1.81. The molecular weight excluding hydrogens is 354 g/mol. The SMILES string of the molecule is COc1ccc(OC)c2c1cc(C(=O)N1CCn3cccc3[C@@H]1C(C)C)n2C. The van der Waals surface area contributed by atoms with E-state index >= 15 is 0 Å². The second-order valence-corrected chi connectivity index (χ2v) is 7.63. The molecule has 4 rings (SSSR count). The van der Waals surface area contributed by atoms with Gasteiger partial charge in [0.05, 0.1) is 25.8 Å². The van der Waals surface area contributed by atoms with Crippen molar-refractivity contribution in [2.45, 2.75) is 26.4 Å². The smallest absolute Gasteiger partial charge is 0.271 e. The van der Waals surface area contributed by atoms with E-state index in [-0.39, 0.29) is 11.9 Å². The van der Waals surface area contributed by atoms with Crippen molar-refractivity contribution in [3.8, 4) is 11.5 Å². The van der Waals surface area contributed by atoms with E-state index < -0.39 is 0 Å². The van der Waals surface area contributed by atoms with Crippen LogP contribution in [-0.2, 0) is 13.6 Å². The van der Waals surface area contributed by atoms with E-state index in [1.165, 1.54) is 5.69 Å². The Labute approximate surface area is 165 Å². The number of hydrogen-bond donors (Lipinski definition) is 0. The van der Waals surface area contributed by atoms with E-state index in [4.69, 9.17) is 9.47 Å². The van der Waals surface area contributed by atoms with Gasteiger partial charge in [0, 0.05) is 37.4 Å². The molecule has 0 aliphatic carbocycles. The number of hydrogen-bond acceptors (Lipinski definition) is 3. The summed E-state index contributed by atoms with van der Waals surface area (Å²) in [6.07, 6.45) is 2.10. The quantitative estimate of drug-likeness (QED) is 0.690. The second kappa shape index (κ2) is 6.93. The van der Waals surface area contributed by atoms with Crippen LogP contribution < -0.4 is 9.47 Å². The average Bonchev–Trinajstić information content (AvgIpc) is 3.30. The van der Waals surface area contributed by atoms with Crippen LogP contribution in [0.4, 0.5) is 0 Å². The van der Waals surface area contributed by atoms with Gasteiger partial charge in [-0.05, 0) is 36.2 Å². The number of fused-ring (bicyclic) bond motifs is 2. The van der Waals surface area contributed by atoms with Crippen molar-refractivity contribution in [3.63, 3.8) is 0 Å². The Morgan fingerprint density at radius 3 is 2.50 bits per heavy atom. The van der Waals surface area contributed by atoms with Crippen LogP contribution in [0, 0.1) is 5.92 Å². The first-order valence-corrected chi connectivity index (χ1v) is 9.64. The lowest BCUT2D eigenvalue weighted by Crippen LogP contribution is -2.44. The van der Waals surface area contributed by atoms with Crippen molar-refractivity contribution in [2.24, 2.45) is 13.0 Å². The van der Waals surface area contributed by atoms with E-state index in [0.717, 1.165) is 28.9 Å². The number of carbonyl (C=O) groups is 1. The molecule has 0 fully saturated rings. The fraction of sp³-hybridized carbons (Fsp3) is 0.409. The molecule has 3 heterocycles. The molecule has 1 aliphatic rings. The molecule has 1 amide bonds. The number of benzene rings is 1. The van der Waals surface area contributed by atoms with Gasteiger partial charge in [0.25, 0.3) is 5.91 Å². The van der Waals surface area contributed by atoms with E-state index in [9.17, 15) is 4.79 Å². The Balaban J connectivity index is 1.82. The molecule has 0 radical (unpaired) electrons. The Hall–Kier alpha value is -2.89. The number of nitrogens with zero attached hydrogens (tertiary/aromatic N) is 3. The summed E-state index contributed by atoms with van der Waals surface area (Å²) >= 11 is 0. The minimum absolute atomic E-state index is 0.0361. The Bertz CT molecular complexity index is 1030. The number of aromatic nitrogens is 2. The van der Waals surface area contributed by atoms with E-state index in [2.05, 4.69) is 36.7 Å². The molecule has 0 saturated carbocycles. The van der Waals surface area contributed by atoms with Crippen LogP contribution in [0.1, 0.15) is 36.1 Å². The lowest BCUT2D eigenvalue weighted by molar-refractivity contribution is 0.0547. The Morgan fingerprint density at radius 1 is 1.11 bits per heavy atom. The normalized spacial score (nSPS) is 16.5. The molecule has 6 nitrogen and oxygen atoms in total. The van der Waals surface area contributed by atoms with Crippen LogP contribution in [0.15, 0.2) is 36.5 Å². The lowest BCUT2D eigenvalue weighted by atomic mass is 9.96. The minimum Gasteiger partial charge on any atom is -0.496 e. The average molecular weight is 381 g/mol. The fourth-order valence-electron chi connectivity index (χ4n) is 4.45. The van der Waals surface area contributed by atoms with Crippen molar-refractivity contribution in [1.82, 2.24) is 14.0 Å². The number of aryl methyl sites for hydroxylation is 1. The van der Waals surface area contributed by atoms with Crippen LogP contribution >= 0.6 is 0 Å². The molecule has 1 aromatic carbocycles. The van der Waals surface area contributed by atoms with E-state index in [1.807, 2.05) is 34.7 Å². The summed E-state index contributed by atoms with van der Waals surface area (Å²) in [7, 11) is 5.20. The van der Waals surface area contributed by atoms with Gasteiger partial charge < -0.3 is 23.5 Å². The number of ether oxygens (including phenoxy) is 2. The number of carbonyl (C=O) groups excluding carboxylic acids is 1. The predicted molar refractivity (Wildman–Crippen MR) is 109 cm³/mol. The molecule has 148 valence electrons. The van der Waals surface area contributed by atoms with Crippen LogP contribution in [-0.4, -0.2) is 40.7 Å². The second-order valence-electron chi connectivity index (χ2n) is 7.63. The minimum atomic E-state index is 0.0361. The molecule has 0 N–H and O–H groups in total. The van der Waals surface area contributed by atoms with Crippen molar-refractivity contribution in [3.05, 3.63) is 47.9 Å². The maximum Gasteiger partial charge on any atom is 0.271 e. The summed E-state index contributed by atoms with van der Waals surface area (Å²) in [6, 6.07) is 9.91. The number of rotatable bonds is 4. The zero-order valence-electron chi connectivity index (χ0n) is 17.1. The van der Waals surface area contributed by atoms with Gasteiger partial charge in [-0.1, -0.05) is 13.8 Å². The highest BCUT2D eigenvalue weighted by Crippen LogP contribution is 2.38. The molecule has 28 heavy (non-hydrogen) atoms. The van der Waals surface area contributed by atoms with Gasteiger partial charge in [-0.2, -0.15) is 0 Å². The van der Waals surface area contributed by atoms with Crippen LogP contribution in [0.5, 0.6) is 11.5 Å². The van der Waals surface area contributed by atoms with Crippen molar-refractivity contribution in [1.29, 1.82) is 0 Å². The summed E-state index contributed by atoms with van der Waals surface area (Å²) in [5, 5.41) is 0.884. The maximum atomic E-state index is 13.7. The van der Waals surface area contributed by atoms with Crippen molar-refractivity contribution in [2.75, 3.05) is 20.8 Å². The van der Waals surface area contributed by atoms with Gasteiger partial charge >= 0.3 is 0 Å².